The quantitative estimate of drug-likeness (QED) is 0.476. The third-order valence-electron chi connectivity index (χ3n) is 4.12. The molecule has 0 N–H and O–H groups in total. The van der Waals surface area contributed by atoms with Gasteiger partial charge in [0.05, 0.1) is 10.7 Å². The zero-order valence-corrected chi connectivity index (χ0v) is 15.4. The highest BCUT2D eigenvalue weighted by molar-refractivity contribution is 6.32. The minimum Gasteiger partial charge on any atom is -0.487 e. The summed E-state index contributed by atoms with van der Waals surface area (Å²) < 4.78 is 18.6. The molecule has 0 aliphatic rings. The Hall–Kier alpha value is -2.65. The van der Waals surface area contributed by atoms with Crippen LogP contribution in [-0.4, -0.2) is 6.21 Å². The van der Waals surface area contributed by atoms with Crippen LogP contribution >= 0.6 is 11.6 Å². The second-order valence-electron chi connectivity index (χ2n) is 6.13. The van der Waals surface area contributed by atoms with E-state index in [2.05, 4.69) is 24.9 Å². The highest BCUT2D eigenvalue weighted by Crippen LogP contribution is 2.26. The van der Waals surface area contributed by atoms with E-state index in [1.165, 1.54) is 23.3 Å². The Kier molecular flexibility index (Phi) is 5.69. The summed E-state index contributed by atoms with van der Waals surface area (Å²) in [5.74, 6) is 0.318. The van der Waals surface area contributed by atoms with Crippen molar-refractivity contribution >= 4 is 23.5 Å². The summed E-state index contributed by atoms with van der Waals surface area (Å²) >= 11 is 6.30. The highest BCUT2D eigenvalue weighted by atomic mass is 35.5. The van der Waals surface area contributed by atoms with Crippen LogP contribution in [0.15, 0.2) is 65.7 Å². The molecule has 0 aliphatic heterocycles. The number of nitrogens with zero attached hydrogens (tertiary/aromatic N) is 1. The lowest BCUT2D eigenvalue weighted by molar-refractivity contribution is 0.306. The van der Waals surface area contributed by atoms with Crippen LogP contribution in [-0.2, 0) is 6.61 Å². The molecule has 0 atom stereocenters. The van der Waals surface area contributed by atoms with Crippen LogP contribution in [0.3, 0.4) is 0 Å². The first-order valence-electron chi connectivity index (χ1n) is 8.29. The lowest BCUT2D eigenvalue weighted by Crippen LogP contribution is -1.96. The van der Waals surface area contributed by atoms with Gasteiger partial charge in [0.2, 0.25) is 0 Å². The molecule has 2 nitrogen and oxygen atoms in total. The molecule has 0 heterocycles. The first kappa shape index (κ1) is 18.2. The number of ether oxygens (including phenoxy) is 1. The second kappa shape index (κ2) is 8.15. The zero-order chi connectivity index (χ0) is 18.5. The molecule has 132 valence electrons. The van der Waals surface area contributed by atoms with Crippen LogP contribution in [0.1, 0.15) is 22.3 Å². The minimum atomic E-state index is -0.265. The monoisotopic (exact) mass is 367 g/mol. The number of hydrogen-bond acceptors (Lipinski definition) is 2. The predicted octanol–water partition coefficient (Wildman–Crippen LogP) is 6.43. The summed E-state index contributed by atoms with van der Waals surface area (Å²) in [4.78, 5) is 4.49. The molecule has 0 aliphatic carbocycles. The van der Waals surface area contributed by atoms with Crippen LogP contribution in [0.2, 0.25) is 5.02 Å². The fourth-order valence-electron chi connectivity index (χ4n) is 2.41. The SMILES string of the molecule is Cc1ccc(N=Cc2ccc(OCc3ccc(F)cc3)c(Cl)c2)cc1C. The molecule has 0 fully saturated rings. The number of halogens is 2. The van der Waals surface area contributed by atoms with Gasteiger partial charge in [-0.05, 0) is 78.6 Å². The molecular formula is C22H19ClFNO. The largest absolute Gasteiger partial charge is 0.487 e. The molecule has 3 aromatic carbocycles. The lowest BCUT2D eigenvalue weighted by atomic mass is 10.1. The molecule has 0 saturated heterocycles. The van der Waals surface area contributed by atoms with E-state index in [9.17, 15) is 4.39 Å². The van der Waals surface area contributed by atoms with Gasteiger partial charge in [-0.3, -0.25) is 4.99 Å². The van der Waals surface area contributed by atoms with Crippen molar-refractivity contribution in [3.63, 3.8) is 0 Å². The first-order chi connectivity index (χ1) is 12.5. The predicted molar refractivity (Wildman–Crippen MR) is 105 cm³/mol. The maximum atomic E-state index is 12.9. The maximum absolute atomic E-state index is 12.9. The van der Waals surface area contributed by atoms with Crippen molar-refractivity contribution in [2.45, 2.75) is 20.5 Å². The van der Waals surface area contributed by atoms with E-state index in [1.807, 2.05) is 30.3 Å². The van der Waals surface area contributed by atoms with E-state index in [0.717, 1.165) is 16.8 Å². The van der Waals surface area contributed by atoms with Crippen LogP contribution in [0.25, 0.3) is 0 Å². The first-order valence-corrected chi connectivity index (χ1v) is 8.67. The Bertz CT molecular complexity index is 935. The Balaban J connectivity index is 1.67. The van der Waals surface area contributed by atoms with Crippen LogP contribution in [0.5, 0.6) is 5.75 Å². The molecule has 0 radical (unpaired) electrons. The van der Waals surface area contributed by atoms with Gasteiger partial charge < -0.3 is 4.74 Å². The van der Waals surface area contributed by atoms with Gasteiger partial charge in [0.15, 0.2) is 0 Å². The molecule has 0 saturated carbocycles. The Labute approximate surface area is 157 Å². The Morgan fingerprint density at radius 1 is 0.962 bits per heavy atom. The van der Waals surface area contributed by atoms with Crippen LogP contribution < -0.4 is 4.74 Å². The summed E-state index contributed by atoms with van der Waals surface area (Å²) in [6.45, 7) is 4.47. The number of aryl methyl sites for hydroxylation is 2. The van der Waals surface area contributed by atoms with Gasteiger partial charge in [-0.1, -0.05) is 29.8 Å². The molecule has 26 heavy (non-hydrogen) atoms. The maximum Gasteiger partial charge on any atom is 0.138 e. The molecule has 0 aromatic heterocycles. The number of aliphatic imine (C=N–C) groups is 1. The van der Waals surface area contributed by atoms with Crippen molar-refractivity contribution in [2.24, 2.45) is 4.99 Å². The lowest BCUT2D eigenvalue weighted by Gasteiger charge is -2.08. The molecule has 4 heteroatoms. The topological polar surface area (TPSA) is 21.6 Å². The minimum absolute atomic E-state index is 0.265. The van der Waals surface area contributed by atoms with Gasteiger partial charge in [0.25, 0.3) is 0 Å². The van der Waals surface area contributed by atoms with E-state index in [1.54, 1.807) is 18.3 Å². The average Bonchev–Trinajstić information content (AvgIpc) is 2.63. The van der Waals surface area contributed by atoms with Gasteiger partial charge in [-0.15, -0.1) is 0 Å². The molecule has 0 spiro atoms. The molecule has 0 amide bonds. The standard InChI is InChI=1S/C22H19ClFNO/c1-15-3-9-20(11-16(15)2)25-13-18-6-10-22(21(23)12-18)26-14-17-4-7-19(24)8-5-17/h3-13H,14H2,1-2H3. The fourth-order valence-corrected chi connectivity index (χ4v) is 2.65. The van der Waals surface area contributed by atoms with E-state index >= 15 is 0 Å². The molecular weight excluding hydrogens is 349 g/mol. The van der Waals surface area contributed by atoms with Gasteiger partial charge in [0, 0.05) is 6.21 Å². The Morgan fingerprint density at radius 3 is 2.42 bits per heavy atom. The summed E-state index contributed by atoms with van der Waals surface area (Å²) in [5, 5.41) is 0.510. The third kappa shape index (κ3) is 4.70. The van der Waals surface area contributed by atoms with Crippen LogP contribution in [0, 0.1) is 19.7 Å². The summed E-state index contributed by atoms with van der Waals surface area (Å²) in [5.41, 5.74) is 5.13. The van der Waals surface area contributed by atoms with Gasteiger partial charge in [0.1, 0.15) is 18.2 Å². The van der Waals surface area contributed by atoms with Gasteiger partial charge in [-0.2, -0.15) is 0 Å². The number of benzene rings is 3. The van der Waals surface area contributed by atoms with Crippen molar-refractivity contribution in [1.29, 1.82) is 0 Å². The van der Waals surface area contributed by atoms with Crippen LogP contribution in [0.4, 0.5) is 10.1 Å². The molecule has 3 aromatic rings. The molecule has 0 bridgehead atoms. The van der Waals surface area contributed by atoms with Crippen molar-refractivity contribution in [1.82, 2.24) is 0 Å². The normalized spacial score (nSPS) is 11.1. The van der Waals surface area contributed by atoms with E-state index < -0.39 is 0 Å². The summed E-state index contributed by atoms with van der Waals surface area (Å²) in [7, 11) is 0. The summed E-state index contributed by atoms with van der Waals surface area (Å²) in [6, 6.07) is 17.8. The second-order valence-corrected chi connectivity index (χ2v) is 6.54. The molecule has 0 unspecified atom stereocenters. The van der Waals surface area contributed by atoms with Gasteiger partial charge >= 0.3 is 0 Å². The number of rotatable bonds is 5. The average molecular weight is 368 g/mol. The highest BCUT2D eigenvalue weighted by Gasteiger charge is 2.04. The van der Waals surface area contributed by atoms with E-state index in [-0.39, 0.29) is 5.82 Å². The van der Waals surface area contributed by atoms with Crippen molar-refractivity contribution < 1.29 is 9.13 Å². The molecule has 3 rings (SSSR count). The van der Waals surface area contributed by atoms with Crippen molar-refractivity contribution in [3.05, 3.63) is 93.8 Å². The van der Waals surface area contributed by atoms with E-state index in [4.69, 9.17) is 16.3 Å². The summed E-state index contributed by atoms with van der Waals surface area (Å²) in [6.07, 6.45) is 1.78. The van der Waals surface area contributed by atoms with Gasteiger partial charge in [-0.25, -0.2) is 4.39 Å². The van der Waals surface area contributed by atoms with Crippen molar-refractivity contribution in [2.75, 3.05) is 0 Å². The number of hydrogen-bond donors (Lipinski definition) is 0. The zero-order valence-electron chi connectivity index (χ0n) is 14.7. The van der Waals surface area contributed by atoms with E-state index in [0.29, 0.717) is 17.4 Å². The third-order valence-corrected chi connectivity index (χ3v) is 4.41. The smallest absolute Gasteiger partial charge is 0.138 e. The van der Waals surface area contributed by atoms with Crippen molar-refractivity contribution in [3.8, 4) is 5.75 Å². The Morgan fingerprint density at radius 2 is 1.73 bits per heavy atom. The fraction of sp³-hybridized carbons (Fsp3) is 0.136.